The highest BCUT2D eigenvalue weighted by atomic mass is 35.5. The SMILES string of the molecule is CC(C)CNC(=O)[C@@H](Cc1ccccc1)N(Cc1ccccc1Cl)C(=O)Cc1ccc(Cl)cc1Cl. The molecule has 0 heterocycles. The molecular weight excluding hydrogens is 503 g/mol. The largest absolute Gasteiger partial charge is 0.354 e. The quantitative estimate of drug-likeness (QED) is 0.320. The van der Waals surface area contributed by atoms with Crippen molar-refractivity contribution in [3.63, 3.8) is 0 Å². The lowest BCUT2D eigenvalue weighted by molar-refractivity contribution is -0.140. The number of benzene rings is 3. The third-order valence-electron chi connectivity index (χ3n) is 5.61. The number of halogens is 3. The molecule has 0 saturated heterocycles. The van der Waals surface area contributed by atoms with Crippen LogP contribution in [0.15, 0.2) is 72.8 Å². The first-order chi connectivity index (χ1) is 16.7. The van der Waals surface area contributed by atoms with Crippen LogP contribution < -0.4 is 5.32 Å². The van der Waals surface area contributed by atoms with E-state index in [2.05, 4.69) is 5.32 Å². The second-order valence-electron chi connectivity index (χ2n) is 8.87. The van der Waals surface area contributed by atoms with Gasteiger partial charge in [-0.15, -0.1) is 0 Å². The van der Waals surface area contributed by atoms with Crippen LogP contribution in [0.3, 0.4) is 0 Å². The molecule has 0 aliphatic rings. The molecule has 35 heavy (non-hydrogen) atoms. The Kier molecular flexibility index (Phi) is 10.0. The first kappa shape index (κ1) is 27.1. The van der Waals surface area contributed by atoms with E-state index in [1.54, 1.807) is 29.2 Å². The zero-order valence-electron chi connectivity index (χ0n) is 19.8. The second kappa shape index (κ2) is 13.0. The van der Waals surface area contributed by atoms with Crippen LogP contribution in [0.2, 0.25) is 15.1 Å². The third-order valence-corrected chi connectivity index (χ3v) is 6.57. The molecule has 4 nitrogen and oxygen atoms in total. The highest BCUT2D eigenvalue weighted by Crippen LogP contribution is 2.25. The van der Waals surface area contributed by atoms with E-state index in [1.165, 1.54) is 0 Å². The van der Waals surface area contributed by atoms with Gasteiger partial charge in [-0.2, -0.15) is 0 Å². The summed E-state index contributed by atoms with van der Waals surface area (Å²) in [5.41, 5.74) is 2.37. The van der Waals surface area contributed by atoms with Crippen molar-refractivity contribution in [2.24, 2.45) is 5.92 Å². The lowest BCUT2D eigenvalue weighted by atomic mass is 10.0. The monoisotopic (exact) mass is 530 g/mol. The van der Waals surface area contributed by atoms with Crippen molar-refractivity contribution < 1.29 is 9.59 Å². The zero-order chi connectivity index (χ0) is 25.4. The highest BCUT2D eigenvalue weighted by Gasteiger charge is 2.31. The average Bonchev–Trinajstić information content (AvgIpc) is 2.83. The summed E-state index contributed by atoms with van der Waals surface area (Å²) in [5.74, 6) is -0.156. The first-order valence-corrected chi connectivity index (χ1v) is 12.7. The Balaban J connectivity index is 1.99. The van der Waals surface area contributed by atoms with Crippen LogP contribution in [0.1, 0.15) is 30.5 Å². The maximum Gasteiger partial charge on any atom is 0.243 e. The van der Waals surface area contributed by atoms with Crippen LogP contribution in [0.5, 0.6) is 0 Å². The third kappa shape index (κ3) is 7.99. The van der Waals surface area contributed by atoms with Crippen LogP contribution >= 0.6 is 34.8 Å². The summed E-state index contributed by atoms with van der Waals surface area (Å²) < 4.78 is 0. The molecule has 0 aromatic heterocycles. The van der Waals surface area contributed by atoms with Crippen LogP contribution in [-0.4, -0.2) is 29.3 Å². The van der Waals surface area contributed by atoms with Crippen molar-refractivity contribution in [1.29, 1.82) is 0 Å². The van der Waals surface area contributed by atoms with Gasteiger partial charge in [0.05, 0.1) is 6.42 Å². The molecule has 0 spiro atoms. The van der Waals surface area contributed by atoms with E-state index in [9.17, 15) is 9.59 Å². The van der Waals surface area contributed by atoms with Crippen LogP contribution in [0.4, 0.5) is 0 Å². The number of hydrogen-bond acceptors (Lipinski definition) is 2. The molecule has 2 amide bonds. The van der Waals surface area contributed by atoms with E-state index in [0.29, 0.717) is 33.6 Å². The van der Waals surface area contributed by atoms with Gasteiger partial charge in [0.15, 0.2) is 0 Å². The molecule has 0 bridgehead atoms. The van der Waals surface area contributed by atoms with Gasteiger partial charge in [-0.3, -0.25) is 9.59 Å². The van der Waals surface area contributed by atoms with Gasteiger partial charge >= 0.3 is 0 Å². The molecule has 0 saturated carbocycles. The van der Waals surface area contributed by atoms with Crippen molar-refractivity contribution in [3.8, 4) is 0 Å². The van der Waals surface area contributed by atoms with Crippen molar-refractivity contribution in [2.45, 2.75) is 39.3 Å². The van der Waals surface area contributed by atoms with Crippen molar-refractivity contribution in [1.82, 2.24) is 10.2 Å². The maximum atomic E-state index is 13.8. The molecule has 184 valence electrons. The molecule has 3 rings (SSSR count). The summed E-state index contributed by atoms with van der Waals surface area (Å²) in [5, 5.41) is 4.45. The fourth-order valence-corrected chi connectivity index (χ4v) is 4.39. The molecule has 3 aromatic carbocycles. The summed E-state index contributed by atoms with van der Waals surface area (Å²) in [7, 11) is 0. The number of rotatable bonds is 10. The molecule has 0 aliphatic heterocycles. The minimum absolute atomic E-state index is 0.0310. The van der Waals surface area contributed by atoms with E-state index >= 15 is 0 Å². The minimum atomic E-state index is -0.731. The van der Waals surface area contributed by atoms with Gasteiger partial charge in [0.2, 0.25) is 11.8 Å². The predicted molar refractivity (Wildman–Crippen MR) is 144 cm³/mol. The van der Waals surface area contributed by atoms with Crippen molar-refractivity contribution in [2.75, 3.05) is 6.54 Å². The zero-order valence-corrected chi connectivity index (χ0v) is 22.1. The van der Waals surface area contributed by atoms with Crippen LogP contribution in [-0.2, 0) is 29.0 Å². The van der Waals surface area contributed by atoms with Gasteiger partial charge in [-0.25, -0.2) is 0 Å². The maximum absolute atomic E-state index is 13.8. The number of hydrogen-bond donors (Lipinski definition) is 1. The summed E-state index contributed by atoms with van der Waals surface area (Å²) >= 11 is 18.8. The number of nitrogens with zero attached hydrogens (tertiary/aromatic N) is 1. The van der Waals surface area contributed by atoms with Gasteiger partial charge < -0.3 is 10.2 Å². The van der Waals surface area contributed by atoms with Gasteiger partial charge in [0, 0.05) is 34.6 Å². The Labute approximate surface area is 222 Å². The molecule has 3 aromatic rings. The average molecular weight is 532 g/mol. The summed E-state index contributed by atoms with van der Waals surface area (Å²) in [6, 6.07) is 21.3. The highest BCUT2D eigenvalue weighted by molar-refractivity contribution is 6.35. The minimum Gasteiger partial charge on any atom is -0.354 e. The molecular formula is C28H29Cl3N2O2. The molecule has 7 heteroatoms. The number of carbonyl (C=O) groups is 2. The standard InChI is InChI=1S/C28H29Cl3N2O2/c1-19(2)17-32-28(35)26(14-20-8-4-3-5-9-20)33(18-22-10-6-7-11-24(22)30)27(34)15-21-12-13-23(29)16-25(21)31/h3-13,16,19,26H,14-15,17-18H2,1-2H3,(H,32,35)/t26-/m1/s1. The fraction of sp³-hybridized carbons (Fsp3) is 0.286. The molecule has 0 unspecified atom stereocenters. The Hall–Kier alpha value is -2.53. The van der Waals surface area contributed by atoms with E-state index < -0.39 is 6.04 Å². The summed E-state index contributed by atoms with van der Waals surface area (Å²) in [6.45, 7) is 4.76. The van der Waals surface area contributed by atoms with Gasteiger partial charge in [0.25, 0.3) is 0 Å². The van der Waals surface area contributed by atoms with Crippen molar-refractivity contribution >= 4 is 46.6 Å². The second-order valence-corrected chi connectivity index (χ2v) is 10.1. The fourth-order valence-electron chi connectivity index (χ4n) is 3.72. The Bertz CT molecular complexity index is 1150. The van der Waals surface area contributed by atoms with Gasteiger partial charge in [0.1, 0.15) is 6.04 Å². The predicted octanol–water partition coefficient (Wildman–Crippen LogP) is 6.60. The normalized spacial score (nSPS) is 11.8. The summed E-state index contributed by atoms with van der Waals surface area (Å²) in [4.78, 5) is 28.8. The Morgan fingerprint density at radius 1 is 0.857 bits per heavy atom. The van der Waals surface area contributed by atoms with Crippen molar-refractivity contribution in [3.05, 3.63) is 105 Å². The van der Waals surface area contributed by atoms with Gasteiger partial charge in [-0.05, 0) is 40.8 Å². The number of nitrogens with one attached hydrogen (secondary N) is 1. The van der Waals surface area contributed by atoms with E-state index in [4.69, 9.17) is 34.8 Å². The van der Waals surface area contributed by atoms with Gasteiger partial charge in [-0.1, -0.05) is 103 Å². The Morgan fingerprint density at radius 2 is 1.54 bits per heavy atom. The molecule has 0 radical (unpaired) electrons. The molecule has 0 aliphatic carbocycles. The number of carbonyl (C=O) groups excluding carboxylic acids is 2. The number of amides is 2. The first-order valence-electron chi connectivity index (χ1n) is 11.5. The van der Waals surface area contributed by atoms with E-state index in [0.717, 1.165) is 11.1 Å². The van der Waals surface area contributed by atoms with E-state index in [-0.39, 0.29) is 30.7 Å². The molecule has 1 atom stereocenters. The molecule has 0 fully saturated rings. The lowest BCUT2D eigenvalue weighted by Crippen LogP contribution is -2.51. The van der Waals surface area contributed by atoms with E-state index in [1.807, 2.05) is 62.4 Å². The lowest BCUT2D eigenvalue weighted by Gasteiger charge is -2.32. The topological polar surface area (TPSA) is 49.4 Å². The molecule has 1 N–H and O–H groups in total. The van der Waals surface area contributed by atoms with Crippen LogP contribution in [0.25, 0.3) is 0 Å². The Morgan fingerprint density at radius 3 is 2.20 bits per heavy atom. The van der Waals surface area contributed by atoms with Crippen LogP contribution in [0, 0.1) is 5.92 Å². The summed E-state index contributed by atoms with van der Waals surface area (Å²) in [6.07, 6.45) is 0.401. The smallest absolute Gasteiger partial charge is 0.243 e.